The van der Waals surface area contributed by atoms with Gasteiger partial charge in [-0.15, -0.1) is 0 Å². The van der Waals surface area contributed by atoms with E-state index >= 15 is 0 Å². The summed E-state index contributed by atoms with van der Waals surface area (Å²) in [5, 5.41) is 7.43. The summed E-state index contributed by atoms with van der Waals surface area (Å²) < 4.78 is 0. The predicted octanol–water partition coefficient (Wildman–Crippen LogP) is 6.59. The highest BCUT2D eigenvalue weighted by atomic mass is 16.1. The Morgan fingerprint density at radius 3 is 2.20 bits per heavy atom. The second-order valence-corrected chi connectivity index (χ2v) is 11.3. The number of amides is 1. The van der Waals surface area contributed by atoms with E-state index in [-0.39, 0.29) is 5.91 Å². The SMILES string of the molecule is Bc1ccccc1-c1ccccc1-c1nc(Nc2ccc(C(=O)Nc3cc(CN(C)C)ccc3C)cc2)nc2ccccc12. The lowest BCUT2D eigenvalue weighted by Gasteiger charge is -2.15. The number of carbonyl (C=O) groups is 1. The standard InChI is InChI=1S/C37H34BN5O/c1-24-16-17-25(23-43(2)3)22-34(24)40-36(44)26-18-20-27(21-19-26)39-37-41-33-15-9-7-13-31(33)35(42-37)30-12-5-4-10-28(30)29-11-6-8-14-32(29)38/h4-22H,23,38H2,1-3H3,(H,40,44)(H,39,41,42). The smallest absolute Gasteiger partial charge is 0.255 e. The van der Waals surface area contributed by atoms with Crippen LogP contribution in [0.1, 0.15) is 21.5 Å². The van der Waals surface area contributed by atoms with Crippen molar-refractivity contribution in [1.29, 1.82) is 0 Å². The summed E-state index contributed by atoms with van der Waals surface area (Å²) in [5.41, 5.74) is 10.6. The van der Waals surface area contributed by atoms with E-state index in [0.29, 0.717) is 11.5 Å². The quantitative estimate of drug-likeness (QED) is 0.201. The molecular weight excluding hydrogens is 541 g/mol. The zero-order valence-corrected chi connectivity index (χ0v) is 25.4. The number of fused-ring (bicyclic) bond motifs is 1. The number of anilines is 3. The first-order valence-electron chi connectivity index (χ1n) is 14.7. The molecule has 0 atom stereocenters. The van der Waals surface area contributed by atoms with Crippen molar-refractivity contribution >= 4 is 47.4 Å². The van der Waals surface area contributed by atoms with Crippen LogP contribution in [0, 0.1) is 6.92 Å². The summed E-state index contributed by atoms with van der Waals surface area (Å²) in [7, 11) is 6.19. The van der Waals surface area contributed by atoms with Gasteiger partial charge in [0.2, 0.25) is 5.95 Å². The number of para-hydroxylation sites is 1. The highest BCUT2D eigenvalue weighted by Gasteiger charge is 2.16. The molecule has 0 fully saturated rings. The maximum absolute atomic E-state index is 13.1. The molecule has 6 nitrogen and oxygen atoms in total. The normalized spacial score (nSPS) is 11.1. The van der Waals surface area contributed by atoms with Crippen molar-refractivity contribution in [2.24, 2.45) is 0 Å². The first-order valence-corrected chi connectivity index (χ1v) is 14.7. The lowest BCUT2D eigenvalue weighted by Crippen LogP contribution is -2.14. The van der Waals surface area contributed by atoms with Gasteiger partial charge in [0, 0.05) is 34.4 Å². The zero-order valence-electron chi connectivity index (χ0n) is 25.4. The van der Waals surface area contributed by atoms with Crippen LogP contribution in [0.15, 0.2) is 115 Å². The summed E-state index contributed by atoms with van der Waals surface area (Å²) in [4.78, 5) is 25.1. The fourth-order valence-corrected chi connectivity index (χ4v) is 5.43. The zero-order chi connectivity index (χ0) is 30.6. The minimum absolute atomic E-state index is 0.154. The van der Waals surface area contributed by atoms with E-state index in [1.165, 1.54) is 11.0 Å². The third kappa shape index (κ3) is 6.24. The van der Waals surface area contributed by atoms with Crippen molar-refractivity contribution in [2.75, 3.05) is 24.7 Å². The van der Waals surface area contributed by atoms with Crippen LogP contribution in [-0.4, -0.2) is 42.7 Å². The number of benzene rings is 5. The average Bonchev–Trinajstić information content (AvgIpc) is 3.02. The average molecular weight is 576 g/mol. The van der Waals surface area contributed by atoms with Crippen LogP contribution in [0.2, 0.25) is 0 Å². The maximum Gasteiger partial charge on any atom is 0.255 e. The summed E-state index contributed by atoms with van der Waals surface area (Å²) >= 11 is 0. The second kappa shape index (κ2) is 12.5. The molecule has 0 aliphatic carbocycles. The molecule has 1 aromatic heterocycles. The molecule has 216 valence electrons. The predicted molar refractivity (Wildman–Crippen MR) is 185 cm³/mol. The Morgan fingerprint density at radius 1 is 0.773 bits per heavy atom. The van der Waals surface area contributed by atoms with Crippen molar-refractivity contribution in [3.8, 4) is 22.4 Å². The topological polar surface area (TPSA) is 70.2 Å². The van der Waals surface area contributed by atoms with Crippen molar-refractivity contribution < 1.29 is 4.79 Å². The van der Waals surface area contributed by atoms with Crippen molar-refractivity contribution in [3.63, 3.8) is 0 Å². The Morgan fingerprint density at radius 2 is 1.45 bits per heavy atom. The number of nitrogens with one attached hydrogen (secondary N) is 2. The van der Waals surface area contributed by atoms with Gasteiger partial charge in [-0.05, 0) is 79.7 Å². The van der Waals surface area contributed by atoms with Gasteiger partial charge in [-0.3, -0.25) is 4.79 Å². The van der Waals surface area contributed by atoms with Gasteiger partial charge in [-0.1, -0.05) is 84.3 Å². The fraction of sp³-hybridized carbons (Fsp3) is 0.108. The Hall–Kier alpha value is -5.27. The van der Waals surface area contributed by atoms with Crippen LogP contribution in [0.5, 0.6) is 0 Å². The molecule has 0 unspecified atom stereocenters. The van der Waals surface area contributed by atoms with Crippen molar-refractivity contribution in [1.82, 2.24) is 14.9 Å². The molecule has 44 heavy (non-hydrogen) atoms. The molecule has 0 saturated heterocycles. The molecule has 2 N–H and O–H groups in total. The van der Waals surface area contributed by atoms with Crippen molar-refractivity contribution in [2.45, 2.75) is 13.5 Å². The third-order valence-electron chi connectivity index (χ3n) is 7.67. The number of carbonyl (C=O) groups excluding carboxylic acids is 1. The molecule has 0 bridgehead atoms. The van der Waals surface area contributed by atoms with Crippen LogP contribution >= 0.6 is 0 Å². The molecule has 1 amide bonds. The summed E-state index contributed by atoms with van der Waals surface area (Å²) in [5.74, 6) is 0.336. The highest BCUT2D eigenvalue weighted by molar-refractivity contribution is 6.36. The van der Waals surface area contributed by atoms with Crippen molar-refractivity contribution in [3.05, 3.63) is 132 Å². The van der Waals surface area contributed by atoms with Gasteiger partial charge in [0.05, 0.1) is 11.2 Å². The number of nitrogens with zero attached hydrogens (tertiary/aromatic N) is 3. The minimum atomic E-state index is -0.154. The number of rotatable bonds is 8. The van der Waals surface area contributed by atoms with Gasteiger partial charge >= 0.3 is 0 Å². The van der Waals surface area contributed by atoms with Crippen LogP contribution in [0.3, 0.4) is 0 Å². The number of hydrogen-bond donors (Lipinski definition) is 2. The lowest BCUT2D eigenvalue weighted by atomic mass is 9.85. The van der Waals surface area contributed by atoms with Crippen LogP contribution in [-0.2, 0) is 6.54 Å². The first-order chi connectivity index (χ1) is 21.4. The van der Waals surface area contributed by atoms with Gasteiger partial charge in [0.1, 0.15) is 7.85 Å². The molecule has 0 spiro atoms. The molecule has 0 saturated carbocycles. The molecule has 7 heteroatoms. The minimum Gasteiger partial charge on any atom is -0.324 e. The Labute approximate surface area is 259 Å². The molecule has 5 aromatic carbocycles. The molecule has 6 rings (SSSR count). The van der Waals surface area contributed by atoms with E-state index in [0.717, 1.165) is 56.8 Å². The fourth-order valence-electron chi connectivity index (χ4n) is 5.43. The monoisotopic (exact) mass is 575 g/mol. The maximum atomic E-state index is 13.1. The summed E-state index contributed by atoms with van der Waals surface area (Å²) in [6, 6.07) is 38.4. The van der Waals surface area contributed by atoms with E-state index < -0.39 is 0 Å². The lowest BCUT2D eigenvalue weighted by molar-refractivity contribution is 0.102. The number of aromatic nitrogens is 2. The van der Waals surface area contributed by atoms with Crippen LogP contribution < -0.4 is 16.1 Å². The Balaban J connectivity index is 1.28. The highest BCUT2D eigenvalue weighted by Crippen LogP contribution is 2.35. The van der Waals surface area contributed by atoms with E-state index in [2.05, 4.69) is 78.0 Å². The van der Waals surface area contributed by atoms with E-state index in [9.17, 15) is 4.79 Å². The molecule has 1 heterocycles. The number of aryl methyl sites for hydroxylation is 1. The van der Waals surface area contributed by atoms with Crippen LogP contribution in [0.4, 0.5) is 17.3 Å². The Kier molecular flexibility index (Phi) is 8.22. The van der Waals surface area contributed by atoms with Gasteiger partial charge in [-0.2, -0.15) is 0 Å². The Bertz CT molecular complexity index is 1970. The summed E-state index contributed by atoms with van der Waals surface area (Å²) in [6.07, 6.45) is 0. The number of hydrogen-bond acceptors (Lipinski definition) is 5. The van der Waals surface area contributed by atoms with E-state index in [1.807, 2.05) is 81.7 Å². The van der Waals surface area contributed by atoms with Gasteiger partial charge < -0.3 is 15.5 Å². The first kappa shape index (κ1) is 28.8. The molecule has 0 radical (unpaired) electrons. The second-order valence-electron chi connectivity index (χ2n) is 11.3. The van der Waals surface area contributed by atoms with E-state index in [1.54, 1.807) is 0 Å². The van der Waals surface area contributed by atoms with Crippen LogP contribution in [0.25, 0.3) is 33.3 Å². The van der Waals surface area contributed by atoms with E-state index in [4.69, 9.17) is 9.97 Å². The molecule has 0 aliphatic heterocycles. The van der Waals surface area contributed by atoms with Gasteiger partial charge in [0.15, 0.2) is 0 Å². The van der Waals surface area contributed by atoms with Gasteiger partial charge in [-0.25, -0.2) is 9.97 Å². The molecular formula is C37H34BN5O. The van der Waals surface area contributed by atoms with Gasteiger partial charge in [0.25, 0.3) is 5.91 Å². The largest absolute Gasteiger partial charge is 0.324 e. The molecule has 0 aliphatic rings. The third-order valence-corrected chi connectivity index (χ3v) is 7.67. The molecule has 6 aromatic rings. The summed E-state index contributed by atoms with van der Waals surface area (Å²) in [6.45, 7) is 2.80.